The van der Waals surface area contributed by atoms with Gasteiger partial charge in [0, 0.05) is 17.5 Å². The summed E-state index contributed by atoms with van der Waals surface area (Å²) in [5.74, 6) is 1.54. The number of anilines is 2. The lowest BCUT2D eigenvalue weighted by molar-refractivity contribution is 0.414. The molecule has 118 valence electrons. The molecule has 1 heterocycles. The second-order valence-electron chi connectivity index (χ2n) is 4.90. The molecule has 0 fully saturated rings. The molecule has 6 nitrogen and oxygen atoms in total. The topological polar surface area (TPSA) is 86.1 Å². The third-order valence-electron chi connectivity index (χ3n) is 3.37. The predicted molar refractivity (Wildman–Crippen MR) is 93.3 cm³/mol. The van der Waals surface area contributed by atoms with Crippen LogP contribution in [0.5, 0.6) is 5.75 Å². The zero-order valence-corrected chi connectivity index (χ0v) is 13.0. The number of nitriles is 1. The molecule has 3 aromatic rings. The van der Waals surface area contributed by atoms with Crippen molar-refractivity contribution in [3.8, 4) is 11.8 Å². The van der Waals surface area contributed by atoms with E-state index < -0.39 is 0 Å². The van der Waals surface area contributed by atoms with E-state index >= 15 is 0 Å². The van der Waals surface area contributed by atoms with Gasteiger partial charge in [-0.2, -0.15) is 10.4 Å². The predicted octanol–water partition coefficient (Wildman–Crippen LogP) is 3.78. The third kappa shape index (κ3) is 3.25. The van der Waals surface area contributed by atoms with Crippen LogP contribution in [0.15, 0.2) is 59.6 Å². The van der Waals surface area contributed by atoms with Crippen molar-refractivity contribution in [3.05, 3.63) is 65.7 Å². The van der Waals surface area contributed by atoms with Gasteiger partial charge in [0.1, 0.15) is 17.4 Å². The maximum Gasteiger partial charge on any atom is 0.172 e. The first-order chi connectivity index (χ1) is 11.8. The standard InChI is InChI=1S/C18H15N5O/c1-24-16-10-6-5-7-13(16)12-20-17-15(11-19)18(23-22-17)21-14-8-3-2-4-9-14/h2-10,12H,1H3,(H2,21,22,23)/b20-12+. The van der Waals surface area contributed by atoms with Crippen molar-refractivity contribution < 1.29 is 4.74 Å². The number of nitrogens with one attached hydrogen (secondary N) is 2. The maximum absolute atomic E-state index is 9.42. The first-order valence-corrected chi connectivity index (χ1v) is 7.29. The lowest BCUT2D eigenvalue weighted by atomic mass is 10.2. The molecular formula is C18H15N5O. The van der Waals surface area contributed by atoms with E-state index in [1.54, 1.807) is 13.3 Å². The summed E-state index contributed by atoms with van der Waals surface area (Å²) in [6, 6.07) is 19.2. The molecule has 0 radical (unpaired) electrons. The van der Waals surface area contributed by atoms with Crippen LogP contribution in [-0.4, -0.2) is 23.5 Å². The van der Waals surface area contributed by atoms with Gasteiger partial charge in [0.2, 0.25) is 0 Å². The number of methoxy groups -OCH3 is 1. The second kappa shape index (κ2) is 7.11. The Morgan fingerprint density at radius 1 is 1.17 bits per heavy atom. The number of ether oxygens (including phenoxy) is 1. The molecular weight excluding hydrogens is 302 g/mol. The Hall–Kier alpha value is -3.59. The highest BCUT2D eigenvalue weighted by Gasteiger charge is 2.12. The number of aliphatic imine (C=N–C) groups is 1. The summed E-state index contributed by atoms with van der Waals surface area (Å²) in [7, 11) is 1.60. The molecule has 2 N–H and O–H groups in total. The van der Waals surface area contributed by atoms with Gasteiger partial charge in [-0.1, -0.05) is 30.3 Å². The Labute approximate surface area is 139 Å². The Morgan fingerprint density at radius 2 is 1.92 bits per heavy atom. The van der Waals surface area contributed by atoms with Crippen molar-refractivity contribution >= 4 is 23.5 Å². The maximum atomic E-state index is 9.42. The smallest absolute Gasteiger partial charge is 0.172 e. The molecule has 0 saturated heterocycles. The summed E-state index contributed by atoms with van der Waals surface area (Å²) in [5.41, 5.74) is 2.02. The Bertz CT molecular complexity index is 893. The molecule has 1 aromatic heterocycles. The number of benzene rings is 2. The number of hydrogen-bond acceptors (Lipinski definition) is 5. The average molecular weight is 317 g/mol. The molecule has 6 heteroatoms. The van der Waals surface area contributed by atoms with Crippen LogP contribution in [0.2, 0.25) is 0 Å². The summed E-state index contributed by atoms with van der Waals surface area (Å²) < 4.78 is 5.28. The van der Waals surface area contributed by atoms with Crippen molar-refractivity contribution in [2.24, 2.45) is 4.99 Å². The molecule has 0 bridgehead atoms. The van der Waals surface area contributed by atoms with Crippen molar-refractivity contribution in [1.29, 1.82) is 5.26 Å². The Morgan fingerprint density at radius 3 is 2.67 bits per heavy atom. The van der Waals surface area contributed by atoms with Gasteiger partial charge in [0.15, 0.2) is 11.6 Å². The highest BCUT2D eigenvalue weighted by molar-refractivity contribution is 5.86. The SMILES string of the molecule is COc1ccccc1/C=N/c1[nH]nc(Nc2ccccc2)c1C#N. The first kappa shape index (κ1) is 15.3. The molecule has 0 unspecified atom stereocenters. The van der Waals surface area contributed by atoms with Gasteiger partial charge in [-0.25, -0.2) is 4.99 Å². The summed E-state index contributed by atoms with van der Waals surface area (Å²) in [6.07, 6.45) is 1.64. The number of aromatic amines is 1. The van der Waals surface area contributed by atoms with E-state index in [1.165, 1.54) is 0 Å². The van der Waals surface area contributed by atoms with Crippen LogP contribution in [0.4, 0.5) is 17.3 Å². The van der Waals surface area contributed by atoms with Crippen molar-refractivity contribution in [2.75, 3.05) is 12.4 Å². The average Bonchev–Trinajstić information content (AvgIpc) is 3.02. The number of rotatable bonds is 5. The van der Waals surface area contributed by atoms with E-state index in [0.29, 0.717) is 22.9 Å². The van der Waals surface area contributed by atoms with Crippen LogP contribution < -0.4 is 10.1 Å². The number of H-pyrrole nitrogens is 1. The molecule has 0 aliphatic rings. The van der Waals surface area contributed by atoms with Crippen LogP contribution in [0.3, 0.4) is 0 Å². The number of nitrogens with zero attached hydrogens (tertiary/aromatic N) is 3. The van der Waals surface area contributed by atoms with Crippen molar-refractivity contribution in [2.45, 2.75) is 0 Å². The molecule has 0 saturated carbocycles. The molecule has 0 atom stereocenters. The van der Waals surface area contributed by atoms with Gasteiger partial charge in [0.25, 0.3) is 0 Å². The normalized spacial score (nSPS) is 10.5. The minimum atomic E-state index is 0.352. The van der Waals surface area contributed by atoms with E-state index in [2.05, 4.69) is 26.6 Å². The Balaban J connectivity index is 1.87. The number of para-hydroxylation sites is 2. The van der Waals surface area contributed by atoms with Gasteiger partial charge in [0.05, 0.1) is 7.11 Å². The second-order valence-corrected chi connectivity index (χ2v) is 4.90. The number of hydrogen-bond donors (Lipinski definition) is 2. The lowest BCUT2D eigenvalue weighted by Crippen LogP contribution is -1.92. The van der Waals surface area contributed by atoms with Gasteiger partial charge in [-0.05, 0) is 24.3 Å². The number of aromatic nitrogens is 2. The molecule has 0 aliphatic carbocycles. The van der Waals surface area contributed by atoms with E-state index in [9.17, 15) is 5.26 Å². The minimum Gasteiger partial charge on any atom is -0.496 e. The van der Waals surface area contributed by atoms with Crippen LogP contribution >= 0.6 is 0 Å². The van der Waals surface area contributed by atoms with Gasteiger partial charge >= 0.3 is 0 Å². The largest absolute Gasteiger partial charge is 0.496 e. The fourth-order valence-corrected chi connectivity index (χ4v) is 2.19. The molecule has 0 aliphatic heterocycles. The van der Waals surface area contributed by atoms with E-state index in [1.807, 2.05) is 54.6 Å². The van der Waals surface area contributed by atoms with Crippen LogP contribution in [0.1, 0.15) is 11.1 Å². The van der Waals surface area contributed by atoms with Gasteiger partial charge in [-0.15, -0.1) is 0 Å². The molecule has 2 aromatic carbocycles. The monoisotopic (exact) mass is 317 g/mol. The lowest BCUT2D eigenvalue weighted by Gasteiger charge is -2.03. The fourth-order valence-electron chi connectivity index (χ4n) is 2.19. The van der Waals surface area contributed by atoms with E-state index in [-0.39, 0.29) is 0 Å². The molecule has 0 spiro atoms. The third-order valence-corrected chi connectivity index (χ3v) is 3.37. The summed E-state index contributed by atoms with van der Waals surface area (Å²) in [6.45, 7) is 0. The minimum absolute atomic E-state index is 0.352. The van der Waals surface area contributed by atoms with E-state index in [0.717, 1.165) is 11.3 Å². The zero-order chi connectivity index (χ0) is 16.8. The quantitative estimate of drug-likeness (QED) is 0.701. The summed E-state index contributed by atoms with van der Waals surface area (Å²) in [5, 5.41) is 19.4. The highest BCUT2D eigenvalue weighted by atomic mass is 16.5. The Kier molecular flexibility index (Phi) is 4.54. The molecule has 24 heavy (non-hydrogen) atoms. The van der Waals surface area contributed by atoms with Crippen molar-refractivity contribution in [1.82, 2.24) is 10.2 Å². The summed E-state index contributed by atoms with van der Waals surface area (Å²) in [4.78, 5) is 4.33. The first-order valence-electron chi connectivity index (χ1n) is 7.29. The van der Waals surface area contributed by atoms with Gasteiger partial charge in [-0.3, -0.25) is 5.10 Å². The highest BCUT2D eigenvalue weighted by Crippen LogP contribution is 2.26. The van der Waals surface area contributed by atoms with Crippen LogP contribution in [0.25, 0.3) is 0 Å². The van der Waals surface area contributed by atoms with Crippen molar-refractivity contribution in [3.63, 3.8) is 0 Å². The fraction of sp³-hybridized carbons (Fsp3) is 0.0556. The van der Waals surface area contributed by atoms with Crippen LogP contribution in [0, 0.1) is 11.3 Å². The zero-order valence-electron chi connectivity index (χ0n) is 13.0. The van der Waals surface area contributed by atoms with E-state index in [4.69, 9.17) is 4.74 Å². The molecule has 0 amide bonds. The molecule has 3 rings (SSSR count). The summed E-state index contributed by atoms with van der Waals surface area (Å²) >= 11 is 0. The van der Waals surface area contributed by atoms with Crippen LogP contribution in [-0.2, 0) is 0 Å². The van der Waals surface area contributed by atoms with Gasteiger partial charge < -0.3 is 10.1 Å².